The second kappa shape index (κ2) is 3.51. The van der Waals surface area contributed by atoms with E-state index in [-0.39, 0.29) is 11.4 Å². The zero-order valence-corrected chi connectivity index (χ0v) is 10.1. The molecule has 1 aliphatic heterocycles. The number of carbonyl (C=O) groups excluding carboxylic acids is 1. The summed E-state index contributed by atoms with van der Waals surface area (Å²) in [7, 11) is 1.60. The number of carbonyl (C=O) groups is 1. The van der Waals surface area contributed by atoms with Gasteiger partial charge in [0, 0.05) is 12.0 Å². The van der Waals surface area contributed by atoms with Gasteiger partial charge < -0.3 is 9.47 Å². The Morgan fingerprint density at radius 3 is 2.69 bits per heavy atom. The largest absolute Gasteiger partial charge is 0.497 e. The van der Waals surface area contributed by atoms with Gasteiger partial charge in [-0.05, 0) is 32.9 Å². The minimum absolute atomic E-state index is 0.00727. The number of benzene rings is 1. The maximum Gasteiger partial charge on any atom is 0.163 e. The molecule has 1 aromatic carbocycles. The van der Waals surface area contributed by atoms with E-state index >= 15 is 0 Å². The van der Waals surface area contributed by atoms with Crippen LogP contribution in [0.3, 0.4) is 0 Å². The van der Waals surface area contributed by atoms with Crippen LogP contribution in [0.4, 0.5) is 0 Å². The van der Waals surface area contributed by atoms with Gasteiger partial charge in [-0.3, -0.25) is 4.79 Å². The summed E-state index contributed by atoms with van der Waals surface area (Å²) in [5.74, 6) is 1.44. The van der Waals surface area contributed by atoms with Gasteiger partial charge in [0.15, 0.2) is 5.78 Å². The molecule has 0 unspecified atom stereocenters. The van der Waals surface area contributed by atoms with Gasteiger partial charge in [-0.25, -0.2) is 0 Å². The van der Waals surface area contributed by atoms with Crippen molar-refractivity contribution in [1.29, 1.82) is 0 Å². The van der Waals surface area contributed by atoms with Crippen molar-refractivity contribution in [2.24, 2.45) is 0 Å². The molecule has 1 aliphatic rings. The zero-order valence-electron chi connectivity index (χ0n) is 10.1. The van der Waals surface area contributed by atoms with Gasteiger partial charge in [0.25, 0.3) is 0 Å². The molecule has 2 rings (SSSR count). The van der Waals surface area contributed by atoms with Crippen LogP contribution in [0.5, 0.6) is 11.5 Å². The Hall–Kier alpha value is -1.51. The molecule has 3 heteroatoms. The molecular weight excluding hydrogens is 204 g/mol. The van der Waals surface area contributed by atoms with E-state index in [1.807, 2.05) is 19.9 Å². The maximum atomic E-state index is 11.5. The summed E-state index contributed by atoms with van der Waals surface area (Å²) in [6.45, 7) is 5.58. The molecule has 0 N–H and O–H groups in total. The highest BCUT2D eigenvalue weighted by Crippen LogP contribution is 2.40. The Morgan fingerprint density at radius 1 is 1.44 bits per heavy atom. The van der Waals surface area contributed by atoms with Crippen molar-refractivity contribution in [3.05, 3.63) is 23.3 Å². The van der Waals surface area contributed by atoms with Crippen LogP contribution in [0.15, 0.2) is 12.1 Å². The maximum absolute atomic E-state index is 11.5. The fourth-order valence-corrected chi connectivity index (χ4v) is 2.06. The Bertz CT molecular complexity index is 447. The van der Waals surface area contributed by atoms with Crippen LogP contribution in [-0.4, -0.2) is 18.5 Å². The fraction of sp³-hybridized carbons (Fsp3) is 0.462. The highest BCUT2D eigenvalue weighted by Gasteiger charge is 2.33. The lowest BCUT2D eigenvalue weighted by Crippen LogP contribution is -2.25. The molecule has 0 atom stereocenters. The van der Waals surface area contributed by atoms with Crippen LogP contribution in [0.1, 0.15) is 36.7 Å². The molecule has 0 amide bonds. The first kappa shape index (κ1) is 11.0. The molecule has 0 radical (unpaired) electrons. The lowest BCUT2D eigenvalue weighted by atomic mass is 9.99. The summed E-state index contributed by atoms with van der Waals surface area (Å²) in [6.07, 6.45) is 0.805. The molecule has 0 fully saturated rings. The number of hydrogen-bond acceptors (Lipinski definition) is 3. The van der Waals surface area contributed by atoms with Gasteiger partial charge in [-0.1, -0.05) is 0 Å². The summed E-state index contributed by atoms with van der Waals surface area (Å²) >= 11 is 0. The number of Topliss-reactive ketones (excluding diaryl/α,β-unsaturated/α-hetero) is 1. The van der Waals surface area contributed by atoms with E-state index in [1.54, 1.807) is 20.1 Å². The van der Waals surface area contributed by atoms with Crippen molar-refractivity contribution >= 4 is 5.78 Å². The van der Waals surface area contributed by atoms with Crippen LogP contribution in [0.25, 0.3) is 0 Å². The van der Waals surface area contributed by atoms with Gasteiger partial charge in [0.05, 0.1) is 12.7 Å². The lowest BCUT2D eigenvalue weighted by molar-refractivity contribution is 0.0998. The van der Waals surface area contributed by atoms with Crippen LogP contribution < -0.4 is 9.47 Å². The SMILES string of the molecule is COc1cc2c(c(C(C)=O)c1)OC(C)(C)C2. The Labute approximate surface area is 95.4 Å². The van der Waals surface area contributed by atoms with Crippen LogP contribution in [0.2, 0.25) is 0 Å². The monoisotopic (exact) mass is 220 g/mol. The first-order valence-corrected chi connectivity index (χ1v) is 5.34. The molecule has 0 saturated carbocycles. The van der Waals surface area contributed by atoms with E-state index in [4.69, 9.17) is 9.47 Å². The number of rotatable bonds is 2. The topological polar surface area (TPSA) is 35.5 Å². The molecule has 0 aromatic heterocycles. The van der Waals surface area contributed by atoms with Gasteiger partial charge in [-0.2, -0.15) is 0 Å². The first-order chi connectivity index (χ1) is 7.43. The second-order valence-corrected chi connectivity index (χ2v) is 4.76. The summed E-state index contributed by atoms with van der Waals surface area (Å²) in [5.41, 5.74) is 1.42. The molecule has 0 aliphatic carbocycles. The minimum Gasteiger partial charge on any atom is -0.497 e. The van der Waals surface area contributed by atoms with Crippen molar-refractivity contribution < 1.29 is 14.3 Å². The summed E-state index contributed by atoms with van der Waals surface area (Å²) in [4.78, 5) is 11.5. The van der Waals surface area contributed by atoms with Crippen molar-refractivity contribution in [3.8, 4) is 11.5 Å². The zero-order chi connectivity index (χ0) is 11.9. The number of ketones is 1. The Kier molecular flexibility index (Phi) is 2.41. The molecule has 86 valence electrons. The summed E-state index contributed by atoms with van der Waals surface area (Å²) in [5, 5.41) is 0. The molecule has 1 heterocycles. The molecule has 16 heavy (non-hydrogen) atoms. The van der Waals surface area contributed by atoms with Crippen LogP contribution in [-0.2, 0) is 6.42 Å². The average Bonchev–Trinajstić information content (AvgIpc) is 2.49. The lowest BCUT2D eigenvalue weighted by Gasteiger charge is -2.17. The van der Waals surface area contributed by atoms with Crippen LogP contribution in [0, 0.1) is 0 Å². The minimum atomic E-state index is -0.237. The summed E-state index contributed by atoms with van der Waals surface area (Å²) in [6, 6.07) is 3.68. The van der Waals surface area contributed by atoms with E-state index in [2.05, 4.69) is 0 Å². The van der Waals surface area contributed by atoms with Gasteiger partial charge >= 0.3 is 0 Å². The number of fused-ring (bicyclic) bond motifs is 1. The fourth-order valence-electron chi connectivity index (χ4n) is 2.06. The standard InChI is InChI=1S/C13H16O3/c1-8(14)11-6-10(15-4)5-9-7-13(2,3)16-12(9)11/h5-6H,7H2,1-4H3. The molecule has 3 nitrogen and oxygen atoms in total. The van der Waals surface area contributed by atoms with Crippen molar-refractivity contribution in [2.75, 3.05) is 7.11 Å². The predicted molar refractivity (Wildman–Crippen MR) is 61.4 cm³/mol. The van der Waals surface area contributed by atoms with E-state index in [0.717, 1.165) is 17.7 Å². The van der Waals surface area contributed by atoms with Crippen molar-refractivity contribution in [1.82, 2.24) is 0 Å². The quantitative estimate of drug-likeness (QED) is 0.719. The third-order valence-electron chi connectivity index (χ3n) is 2.75. The number of ether oxygens (including phenoxy) is 2. The molecule has 0 saturated heterocycles. The molecule has 0 spiro atoms. The van der Waals surface area contributed by atoms with E-state index in [0.29, 0.717) is 11.3 Å². The number of methoxy groups -OCH3 is 1. The Morgan fingerprint density at radius 2 is 2.12 bits per heavy atom. The third kappa shape index (κ3) is 1.77. The highest BCUT2D eigenvalue weighted by molar-refractivity contribution is 5.98. The van der Waals surface area contributed by atoms with E-state index < -0.39 is 0 Å². The second-order valence-electron chi connectivity index (χ2n) is 4.76. The van der Waals surface area contributed by atoms with Gasteiger partial charge in [0.1, 0.15) is 17.1 Å². The average molecular weight is 220 g/mol. The molecule has 0 bridgehead atoms. The van der Waals surface area contributed by atoms with Gasteiger partial charge in [-0.15, -0.1) is 0 Å². The third-order valence-corrected chi connectivity index (χ3v) is 2.75. The van der Waals surface area contributed by atoms with Gasteiger partial charge in [0.2, 0.25) is 0 Å². The van der Waals surface area contributed by atoms with Crippen molar-refractivity contribution in [2.45, 2.75) is 32.8 Å². The van der Waals surface area contributed by atoms with E-state index in [1.165, 1.54) is 0 Å². The normalized spacial score (nSPS) is 16.5. The van der Waals surface area contributed by atoms with Crippen molar-refractivity contribution in [3.63, 3.8) is 0 Å². The first-order valence-electron chi connectivity index (χ1n) is 5.34. The van der Waals surface area contributed by atoms with E-state index in [9.17, 15) is 4.79 Å². The highest BCUT2D eigenvalue weighted by atomic mass is 16.5. The van der Waals surface area contributed by atoms with Crippen LogP contribution >= 0.6 is 0 Å². The smallest absolute Gasteiger partial charge is 0.163 e. The Balaban J connectivity index is 2.56. The molecule has 1 aromatic rings. The molecular formula is C13H16O3. The number of hydrogen-bond donors (Lipinski definition) is 0. The predicted octanol–water partition coefficient (Wildman–Crippen LogP) is 2.61. The summed E-state index contributed by atoms with van der Waals surface area (Å²) < 4.78 is 11.0.